The molecule has 1 heterocycles. The van der Waals surface area contributed by atoms with E-state index >= 15 is 0 Å². The molecule has 1 rings (SSSR count). The van der Waals surface area contributed by atoms with Crippen LogP contribution >= 0.6 is 11.3 Å². The largest absolute Gasteiger partial charge is 0.458 e. The summed E-state index contributed by atoms with van der Waals surface area (Å²) in [5.74, 6) is -0.647. The smallest absolute Gasteiger partial charge is 0.328 e. The van der Waals surface area contributed by atoms with Gasteiger partial charge < -0.3 is 10.1 Å². The Morgan fingerprint density at radius 3 is 2.45 bits per heavy atom. The zero-order valence-electron chi connectivity index (χ0n) is 13.0. The number of hydrogen-bond acceptors (Lipinski definition) is 4. The van der Waals surface area contributed by atoms with Crippen LogP contribution in [-0.4, -0.2) is 23.5 Å². The number of esters is 1. The van der Waals surface area contributed by atoms with Gasteiger partial charge in [0, 0.05) is 4.88 Å². The van der Waals surface area contributed by atoms with Crippen molar-refractivity contribution in [3.05, 3.63) is 21.4 Å². The Bertz CT molecular complexity index is 500. The van der Waals surface area contributed by atoms with Crippen LogP contribution in [0.1, 0.15) is 54.7 Å². The predicted molar refractivity (Wildman–Crippen MR) is 81.2 cm³/mol. The number of carbonyl (C=O) groups is 2. The van der Waals surface area contributed by atoms with Gasteiger partial charge in [0.2, 0.25) is 0 Å². The molecule has 20 heavy (non-hydrogen) atoms. The molecule has 0 radical (unpaired) electrons. The lowest BCUT2D eigenvalue weighted by molar-refractivity contribution is -0.156. The van der Waals surface area contributed by atoms with E-state index in [0.717, 1.165) is 11.3 Å². The van der Waals surface area contributed by atoms with Crippen molar-refractivity contribution < 1.29 is 14.3 Å². The third-order valence-corrected chi connectivity index (χ3v) is 3.82. The fourth-order valence-corrected chi connectivity index (χ4v) is 2.72. The molecule has 5 heteroatoms. The van der Waals surface area contributed by atoms with Gasteiger partial charge in [-0.25, -0.2) is 4.79 Å². The third kappa shape index (κ3) is 4.63. The molecule has 0 fully saturated rings. The first-order chi connectivity index (χ1) is 9.14. The van der Waals surface area contributed by atoms with E-state index in [2.05, 4.69) is 12.2 Å². The summed E-state index contributed by atoms with van der Waals surface area (Å²) in [6.07, 6.45) is 0.900. The highest BCUT2D eigenvalue weighted by Gasteiger charge is 2.24. The molecule has 0 aliphatic carbocycles. The highest BCUT2D eigenvalue weighted by molar-refractivity contribution is 7.14. The molecule has 1 aromatic rings. The maximum absolute atomic E-state index is 12.1. The van der Waals surface area contributed by atoms with Gasteiger partial charge in [0.05, 0.1) is 4.88 Å². The van der Waals surface area contributed by atoms with Crippen LogP contribution in [0.25, 0.3) is 0 Å². The second-order valence-corrected chi connectivity index (χ2v) is 7.03. The highest BCUT2D eigenvalue weighted by Crippen LogP contribution is 2.22. The Balaban J connectivity index is 2.67. The molecule has 4 nitrogen and oxygen atoms in total. The lowest BCUT2D eigenvalue weighted by Crippen LogP contribution is -2.42. The van der Waals surface area contributed by atoms with Gasteiger partial charge in [0.1, 0.15) is 11.6 Å². The Labute approximate surface area is 124 Å². The van der Waals surface area contributed by atoms with Gasteiger partial charge >= 0.3 is 5.97 Å². The number of rotatable bonds is 4. The van der Waals surface area contributed by atoms with E-state index < -0.39 is 17.6 Å². The van der Waals surface area contributed by atoms with Crippen molar-refractivity contribution in [3.8, 4) is 0 Å². The minimum absolute atomic E-state index is 0.226. The first-order valence-corrected chi connectivity index (χ1v) is 7.58. The number of amides is 1. The zero-order valence-corrected chi connectivity index (χ0v) is 13.8. The molecule has 0 bridgehead atoms. The summed E-state index contributed by atoms with van der Waals surface area (Å²) in [6, 6.07) is 1.23. The van der Waals surface area contributed by atoms with Gasteiger partial charge in [-0.15, -0.1) is 11.3 Å². The maximum Gasteiger partial charge on any atom is 0.328 e. The molecular formula is C15H23NO3S. The molecule has 1 atom stereocenters. The maximum atomic E-state index is 12.1. The standard InChI is InChI=1S/C15H23NO3S/c1-7-11-8-12(20-10(11)3)13(17)16-9(2)14(18)19-15(4,5)6/h8-9H,7H2,1-6H3,(H,16,17)/t9-/m1/s1. The monoisotopic (exact) mass is 297 g/mol. The topological polar surface area (TPSA) is 55.4 Å². The van der Waals surface area contributed by atoms with Crippen LogP contribution in [0.4, 0.5) is 0 Å². The summed E-state index contributed by atoms with van der Waals surface area (Å²) in [7, 11) is 0. The molecule has 0 aliphatic rings. The minimum atomic E-state index is -0.658. The van der Waals surface area contributed by atoms with Crippen molar-refractivity contribution in [3.63, 3.8) is 0 Å². The molecular weight excluding hydrogens is 274 g/mol. The van der Waals surface area contributed by atoms with Crippen LogP contribution < -0.4 is 5.32 Å². The van der Waals surface area contributed by atoms with E-state index in [1.54, 1.807) is 27.7 Å². The molecule has 1 amide bonds. The van der Waals surface area contributed by atoms with Crippen LogP contribution in [0.5, 0.6) is 0 Å². The van der Waals surface area contributed by atoms with Gasteiger partial charge in [0.25, 0.3) is 5.91 Å². The Morgan fingerprint density at radius 1 is 1.40 bits per heavy atom. The van der Waals surface area contributed by atoms with E-state index in [9.17, 15) is 9.59 Å². The van der Waals surface area contributed by atoms with Gasteiger partial charge in [-0.3, -0.25) is 4.79 Å². The average Bonchev–Trinajstić information content (AvgIpc) is 2.68. The van der Waals surface area contributed by atoms with Crippen LogP contribution in [-0.2, 0) is 16.0 Å². The van der Waals surface area contributed by atoms with Crippen molar-refractivity contribution in [1.29, 1.82) is 0 Å². The second kappa shape index (κ2) is 6.39. The van der Waals surface area contributed by atoms with E-state index in [1.807, 2.05) is 13.0 Å². The van der Waals surface area contributed by atoms with Crippen LogP contribution in [0.3, 0.4) is 0 Å². The van der Waals surface area contributed by atoms with E-state index in [-0.39, 0.29) is 5.91 Å². The predicted octanol–water partition coefficient (Wildman–Crippen LogP) is 3.08. The van der Waals surface area contributed by atoms with Crippen molar-refractivity contribution in [1.82, 2.24) is 5.32 Å². The van der Waals surface area contributed by atoms with Crippen molar-refractivity contribution in [2.45, 2.75) is 59.6 Å². The second-order valence-electron chi connectivity index (χ2n) is 5.77. The number of aryl methyl sites for hydroxylation is 2. The Morgan fingerprint density at radius 2 is 2.00 bits per heavy atom. The van der Waals surface area contributed by atoms with Gasteiger partial charge in [0.15, 0.2) is 0 Å². The molecule has 112 valence electrons. The summed E-state index contributed by atoms with van der Waals surface area (Å²) in [5.41, 5.74) is 0.621. The average molecular weight is 297 g/mol. The fourth-order valence-electron chi connectivity index (χ4n) is 1.70. The fraction of sp³-hybridized carbons (Fsp3) is 0.600. The lowest BCUT2D eigenvalue weighted by Gasteiger charge is -2.22. The Hall–Kier alpha value is -1.36. The van der Waals surface area contributed by atoms with Gasteiger partial charge in [-0.1, -0.05) is 6.92 Å². The van der Waals surface area contributed by atoms with Crippen molar-refractivity contribution >= 4 is 23.2 Å². The van der Waals surface area contributed by atoms with E-state index in [1.165, 1.54) is 16.9 Å². The molecule has 0 aromatic carbocycles. The summed E-state index contributed by atoms with van der Waals surface area (Å²) >= 11 is 1.45. The molecule has 1 N–H and O–H groups in total. The Kier molecular flexibility index (Phi) is 5.34. The third-order valence-electron chi connectivity index (χ3n) is 2.73. The molecule has 0 saturated carbocycles. The SMILES string of the molecule is CCc1cc(C(=O)N[C@H](C)C(=O)OC(C)(C)C)sc1C. The number of thiophene rings is 1. The van der Waals surface area contributed by atoms with Gasteiger partial charge in [-0.05, 0) is 52.7 Å². The zero-order chi connectivity index (χ0) is 15.5. The first-order valence-electron chi connectivity index (χ1n) is 6.77. The number of ether oxygens (including phenoxy) is 1. The van der Waals surface area contributed by atoms with Gasteiger partial charge in [-0.2, -0.15) is 0 Å². The summed E-state index contributed by atoms with van der Waals surface area (Å²) in [4.78, 5) is 25.7. The lowest BCUT2D eigenvalue weighted by atomic mass is 10.2. The summed E-state index contributed by atoms with van der Waals surface area (Å²) in [6.45, 7) is 11.1. The quantitative estimate of drug-likeness (QED) is 0.869. The molecule has 0 spiro atoms. The summed E-state index contributed by atoms with van der Waals surface area (Å²) in [5, 5.41) is 2.68. The molecule has 0 unspecified atom stereocenters. The normalized spacial score (nSPS) is 12.9. The van der Waals surface area contributed by atoms with Crippen LogP contribution in [0, 0.1) is 6.92 Å². The number of carbonyl (C=O) groups excluding carboxylic acids is 2. The van der Waals surface area contributed by atoms with E-state index in [4.69, 9.17) is 4.74 Å². The summed E-state index contributed by atoms with van der Waals surface area (Å²) < 4.78 is 5.24. The minimum Gasteiger partial charge on any atom is -0.458 e. The molecule has 0 saturated heterocycles. The first kappa shape index (κ1) is 16.7. The van der Waals surface area contributed by atoms with Crippen LogP contribution in [0.2, 0.25) is 0 Å². The van der Waals surface area contributed by atoms with Crippen molar-refractivity contribution in [2.75, 3.05) is 0 Å². The molecule has 0 aliphatic heterocycles. The van der Waals surface area contributed by atoms with E-state index in [0.29, 0.717) is 4.88 Å². The number of nitrogens with one attached hydrogen (secondary N) is 1. The highest BCUT2D eigenvalue weighted by atomic mass is 32.1. The number of hydrogen-bond donors (Lipinski definition) is 1. The van der Waals surface area contributed by atoms with Crippen LogP contribution in [0.15, 0.2) is 6.07 Å². The van der Waals surface area contributed by atoms with Crippen molar-refractivity contribution in [2.24, 2.45) is 0 Å². The molecule has 1 aromatic heterocycles.